The average Bonchev–Trinajstić information content (AvgIpc) is 3.36. The van der Waals surface area contributed by atoms with E-state index in [1.807, 2.05) is 0 Å². The van der Waals surface area contributed by atoms with Gasteiger partial charge in [0.15, 0.2) is 0 Å². The fourth-order valence-electron chi connectivity index (χ4n) is 5.07. The van der Waals surface area contributed by atoms with Crippen molar-refractivity contribution in [2.45, 2.75) is 50.1 Å². The molecule has 1 fully saturated rings. The highest BCUT2D eigenvalue weighted by Crippen LogP contribution is 2.46. The minimum Gasteiger partial charge on any atom is -0.493 e. The highest BCUT2D eigenvalue weighted by molar-refractivity contribution is 8.00. The van der Waals surface area contributed by atoms with E-state index in [1.54, 1.807) is 18.3 Å². The molecule has 0 amide bonds. The Bertz CT molecular complexity index is 1010. The maximum Gasteiger partial charge on any atom is 0.212 e. The van der Waals surface area contributed by atoms with Crippen LogP contribution in [0.1, 0.15) is 56.3 Å². The number of aromatic nitrogens is 2. The monoisotopic (exact) mass is 466 g/mol. The van der Waals surface area contributed by atoms with Crippen LogP contribution in [0.25, 0.3) is 0 Å². The molecule has 2 aliphatic rings. The molecule has 1 aromatic heterocycles. The molecular formula is C25H30N4OS2. The van der Waals surface area contributed by atoms with Crippen molar-refractivity contribution in [3.8, 4) is 5.75 Å². The summed E-state index contributed by atoms with van der Waals surface area (Å²) in [6.07, 6.45) is 5.11. The fourth-order valence-corrected chi connectivity index (χ4v) is 6.19. The zero-order chi connectivity index (χ0) is 21.9. The Hall–Kier alpha value is -2.09. The standard InChI is InChI=1S/C25H30N4OS2/c1-17(2)19-10-12-29(23(14-19)18-6-4-3-5-7-18)22-11-13-30-24-15-20(8-9-21(22)24)31-28-25-26-16-27-32-25/h3-9,15-17,19,22-23H,10-14H2,1-2H3,(H,26,27,28). The smallest absolute Gasteiger partial charge is 0.212 e. The summed E-state index contributed by atoms with van der Waals surface area (Å²) < 4.78 is 13.4. The molecule has 168 valence electrons. The van der Waals surface area contributed by atoms with Crippen molar-refractivity contribution in [2.24, 2.45) is 11.8 Å². The Morgan fingerprint density at radius 2 is 2.00 bits per heavy atom. The van der Waals surface area contributed by atoms with E-state index in [1.165, 1.54) is 35.5 Å². The van der Waals surface area contributed by atoms with Crippen molar-refractivity contribution < 1.29 is 4.74 Å². The van der Waals surface area contributed by atoms with Crippen LogP contribution in [0.3, 0.4) is 0 Å². The van der Waals surface area contributed by atoms with Crippen LogP contribution in [-0.4, -0.2) is 27.4 Å². The predicted molar refractivity (Wildman–Crippen MR) is 132 cm³/mol. The molecule has 5 rings (SSSR count). The first-order valence-electron chi connectivity index (χ1n) is 11.5. The number of fused-ring (bicyclic) bond motifs is 1. The maximum absolute atomic E-state index is 6.13. The summed E-state index contributed by atoms with van der Waals surface area (Å²) in [7, 11) is 0. The lowest BCUT2D eigenvalue weighted by Gasteiger charge is -2.46. The lowest BCUT2D eigenvalue weighted by molar-refractivity contribution is 0.0346. The molecule has 7 heteroatoms. The molecule has 3 aromatic rings. The summed E-state index contributed by atoms with van der Waals surface area (Å²) in [5.41, 5.74) is 2.76. The molecule has 32 heavy (non-hydrogen) atoms. The van der Waals surface area contributed by atoms with Crippen LogP contribution in [0, 0.1) is 11.8 Å². The fraction of sp³-hybridized carbons (Fsp3) is 0.440. The van der Waals surface area contributed by atoms with Gasteiger partial charge in [-0.2, -0.15) is 4.37 Å². The van der Waals surface area contributed by atoms with E-state index in [9.17, 15) is 0 Å². The van der Waals surface area contributed by atoms with E-state index in [0.29, 0.717) is 12.1 Å². The highest BCUT2D eigenvalue weighted by atomic mass is 32.2. The van der Waals surface area contributed by atoms with Gasteiger partial charge >= 0.3 is 0 Å². The molecule has 3 unspecified atom stereocenters. The third-order valence-electron chi connectivity index (χ3n) is 6.82. The number of piperidine rings is 1. The van der Waals surface area contributed by atoms with E-state index in [-0.39, 0.29) is 0 Å². The summed E-state index contributed by atoms with van der Waals surface area (Å²) in [4.78, 5) is 8.06. The van der Waals surface area contributed by atoms with Crippen LogP contribution in [-0.2, 0) is 0 Å². The molecule has 0 radical (unpaired) electrons. The number of rotatable bonds is 6. The summed E-state index contributed by atoms with van der Waals surface area (Å²) in [5, 5.41) is 0.810. The third-order valence-corrected chi connectivity index (χ3v) is 8.32. The van der Waals surface area contributed by atoms with Crippen molar-refractivity contribution in [1.29, 1.82) is 0 Å². The second kappa shape index (κ2) is 9.81. The van der Waals surface area contributed by atoms with Gasteiger partial charge in [0.25, 0.3) is 0 Å². The van der Waals surface area contributed by atoms with Gasteiger partial charge in [-0.25, -0.2) is 4.98 Å². The van der Waals surface area contributed by atoms with Crippen molar-refractivity contribution in [1.82, 2.24) is 14.3 Å². The summed E-state index contributed by atoms with van der Waals surface area (Å²) in [6, 6.07) is 18.6. The normalized spacial score (nSPS) is 23.5. The molecule has 2 aliphatic heterocycles. The van der Waals surface area contributed by atoms with E-state index >= 15 is 0 Å². The summed E-state index contributed by atoms with van der Waals surface area (Å²) >= 11 is 2.91. The first-order chi connectivity index (χ1) is 15.7. The Kier molecular flexibility index (Phi) is 6.67. The van der Waals surface area contributed by atoms with E-state index in [0.717, 1.165) is 47.2 Å². The molecule has 2 aromatic carbocycles. The largest absolute Gasteiger partial charge is 0.493 e. The molecule has 5 nitrogen and oxygen atoms in total. The van der Waals surface area contributed by atoms with Crippen molar-refractivity contribution in [2.75, 3.05) is 17.9 Å². The number of benzene rings is 2. The van der Waals surface area contributed by atoms with Gasteiger partial charge in [-0.05, 0) is 60.9 Å². The lowest BCUT2D eigenvalue weighted by atomic mass is 9.79. The number of likely N-dealkylation sites (tertiary alicyclic amines) is 1. The van der Waals surface area contributed by atoms with Crippen LogP contribution in [0.5, 0.6) is 5.75 Å². The topological polar surface area (TPSA) is 50.3 Å². The van der Waals surface area contributed by atoms with Crippen LogP contribution >= 0.6 is 23.5 Å². The van der Waals surface area contributed by atoms with Gasteiger partial charge in [0, 0.05) is 40.5 Å². The van der Waals surface area contributed by atoms with E-state index in [4.69, 9.17) is 4.74 Å². The van der Waals surface area contributed by atoms with Gasteiger partial charge < -0.3 is 9.46 Å². The van der Waals surface area contributed by atoms with Gasteiger partial charge in [0.1, 0.15) is 12.1 Å². The molecule has 0 bridgehead atoms. The molecule has 3 atom stereocenters. The molecule has 1 N–H and O–H groups in total. The zero-order valence-corrected chi connectivity index (χ0v) is 20.2. The summed E-state index contributed by atoms with van der Waals surface area (Å²) in [6.45, 7) is 6.66. The van der Waals surface area contributed by atoms with Gasteiger partial charge in [-0.3, -0.25) is 4.90 Å². The van der Waals surface area contributed by atoms with Crippen LogP contribution in [0.4, 0.5) is 5.13 Å². The highest BCUT2D eigenvalue weighted by Gasteiger charge is 2.37. The van der Waals surface area contributed by atoms with Crippen molar-refractivity contribution in [3.05, 3.63) is 66.0 Å². The summed E-state index contributed by atoms with van der Waals surface area (Å²) in [5.74, 6) is 2.52. The Morgan fingerprint density at radius 1 is 1.12 bits per heavy atom. The van der Waals surface area contributed by atoms with Crippen molar-refractivity contribution in [3.63, 3.8) is 0 Å². The number of anilines is 1. The Morgan fingerprint density at radius 3 is 2.78 bits per heavy atom. The average molecular weight is 467 g/mol. The molecular weight excluding hydrogens is 436 g/mol. The van der Waals surface area contributed by atoms with Gasteiger partial charge in [-0.1, -0.05) is 50.2 Å². The van der Waals surface area contributed by atoms with Gasteiger partial charge in [0.05, 0.1) is 6.61 Å². The van der Waals surface area contributed by atoms with Crippen LogP contribution in [0.2, 0.25) is 0 Å². The Balaban J connectivity index is 1.39. The second-order valence-corrected chi connectivity index (χ2v) is 10.7. The number of hydrogen-bond acceptors (Lipinski definition) is 7. The lowest BCUT2D eigenvalue weighted by Crippen LogP contribution is -2.42. The first-order valence-corrected chi connectivity index (χ1v) is 13.0. The molecule has 3 heterocycles. The predicted octanol–water partition coefficient (Wildman–Crippen LogP) is 6.59. The number of hydrogen-bond donors (Lipinski definition) is 1. The van der Waals surface area contributed by atoms with Crippen LogP contribution < -0.4 is 9.46 Å². The zero-order valence-electron chi connectivity index (χ0n) is 18.6. The number of nitrogens with zero attached hydrogens (tertiary/aromatic N) is 3. The number of nitrogens with one attached hydrogen (secondary N) is 1. The maximum atomic E-state index is 6.13. The molecule has 0 saturated carbocycles. The van der Waals surface area contributed by atoms with Gasteiger partial charge in [-0.15, -0.1) is 0 Å². The van der Waals surface area contributed by atoms with E-state index < -0.39 is 0 Å². The minimum absolute atomic E-state index is 0.396. The van der Waals surface area contributed by atoms with E-state index in [2.05, 4.69) is 81.4 Å². The SMILES string of the molecule is CC(C)C1CCN(C2CCOc3cc(SNc4ncns4)ccc32)C(c2ccccc2)C1. The number of ether oxygens (including phenoxy) is 1. The minimum atomic E-state index is 0.396. The first kappa shape index (κ1) is 21.7. The Labute approximate surface area is 198 Å². The molecule has 0 aliphatic carbocycles. The van der Waals surface area contributed by atoms with Crippen LogP contribution in [0.15, 0.2) is 59.8 Å². The molecule has 0 spiro atoms. The van der Waals surface area contributed by atoms with Crippen molar-refractivity contribution >= 4 is 28.6 Å². The molecule has 1 saturated heterocycles. The van der Waals surface area contributed by atoms with Gasteiger partial charge in [0.2, 0.25) is 5.13 Å². The quantitative estimate of drug-likeness (QED) is 0.414. The third kappa shape index (κ3) is 4.65. The second-order valence-electron chi connectivity index (χ2n) is 9.00.